The zero-order chi connectivity index (χ0) is 15.5. The van der Waals surface area contributed by atoms with Gasteiger partial charge in [0.05, 0.1) is 37.5 Å². The Bertz CT molecular complexity index is 739. The van der Waals surface area contributed by atoms with Crippen LogP contribution in [0.4, 0.5) is 0 Å². The quantitative estimate of drug-likeness (QED) is 0.767. The van der Waals surface area contributed by atoms with E-state index in [1.807, 2.05) is 24.5 Å². The fraction of sp³-hybridized carbons (Fsp3) is 0.312. The highest BCUT2D eigenvalue weighted by molar-refractivity contribution is 5.57. The average Bonchev–Trinajstić information content (AvgIpc) is 3.28. The van der Waals surface area contributed by atoms with Crippen molar-refractivity contribution in [1.29, 1.82) is 0 Å². The molecule has 0 bridgehead atoms. The molecule has 0 aliphatic carbocycles. The van der Waals surface area contributed by atoms with Crippen molar-refractivity contribution in [2.24, 2.45) is 0 Å². The van der Waals surface area contributed by atoms with Gasteiger partial charge in [-0.05, 0) is 12.1 Å². The first-order valence-corrected chi connectivity index (χ1v) is 7.64. The Morgan fingerprint density at radius 1 is 1.22 bits per heavy atom. The van der Waals surface area contributed by atoms with Crippen LogP contribution in [0.1, 0.15) is 17.6 Å². The molecule has 1 saturated heterocycles. The first kappa shape index (κ1) is 14.1. The molecule has 7 nitrogen and oxygen atoms in total. The lowest BCUT2D eigenvalue weighted by molar-refractivity contribution is -0.0161. The van der Waals surface area contributed by atoms with Gasteiger partial charge < -0.3 is 14.7 Å². The van der Waals surface area contributed by atoms with Crippen LogP contribution in [0.25, 0.3) is 11.3 Å². The lowest BCUT2D eigenvalue weighted by Crippen LogP contribution is -2.39. The maximum atomic E-state index is 5.66. The molecule has 2 N–H and O–H groups in total. The predicted molar refractivity (Wildman–Crippen MR) is 84.4 cm³/mol. The molecule has 7 heteroatoms. The number of nitrogens with zero attached hydrogens (tertiary/aromatic N) is 4. The van der Waals surface area contributed by atoms with Gasteiger partial charge in [-0.15, -0.1) is 0 Å². The van der Waals surface area contributed by atoms with Gasteiger partial charge in [0.25, 0.3) is 0 Å². The first-order valence-electron chi connectivity index (χ1n) is 7.64. The van der Waals surface area contributed by atoms with Gasteiger partial charge >= 0.3 is 0 Å². The zero-order valence-electron chi connectivity index (χ0n) is 12.6. The highest BCUT2D eigenvalue weighted by Gasteiger charge is 2.27. The molecule has 3 aromatic heterocycles. The number of aromatic nitrogens is 5. The number of hydrogen-bond donors (Lipinski definition) is 2. The van der Waals surface area contributed by atoms with Gasteiger partial charge in [0, 0.05) is 42.9 Å². The smallest absolute Gasteiger partial charge is 0.126 e. The van der Waals surface area contributed by atoms with Crippen molar-refractivity contribution in [3.8, 4) is 11.3 Å². The molecule has 1 aliphatic heterocycles. The topological polar surface area (TPSA) is 82.7 Å². The van der Waals surface area contributed by atoms with Crippen LogP contribution in [-0.4, -0.2) is 49.6 Å². The number of morpholine rings is 1. The summed E-state index contributed by atoms with van der Waals surface area (Å²) < 4.78 is 5.66. The van der Waals surface area contributed by atoms with Crippen LogP contribution in [-0.2, 0) is 11.3 Å². The number of aromatic amines is 2. The summed E-state index contributed by atoms with van der Waals surface area (Å²) in [6.45, 7) is 3.05. The molecule has 0 radical (unpaired) electrons. The third-order valence-electron chi connectivity index (χ3n) is 4.07. The third kappa shape index (κ3) is 3.01. The molecule has 1 atom stereocenters. The molecule has 0 unspecified atom stereocenters. The molecule has 118 valence electrons. The Balaban J connectivity index is 1.56. The van der Waals surface area contributed by atoms with E-state index < -0.39 is 0 Å². The zero-order valence-corrected chi connectivity index (χ0v) is 12.6. The molecule has 3 aromatic rings. The van der Waals surface area contributed by atoms with Crippen molar-refractivity contribution in [2.45, 2.75) is 12.6 Å². The normalized spacial score (nSPS) is 19.0. The average molecular weight is 310 g/mol. The van der Waals surface area contributed by atoms with Gasteiger partial charge in [-0.2, -0.15) is 0 Å². The van der Waals surface area contributed by atoms with Crippen LogP contribution < -0.4 is 0 Å². The molecular formula is C16H18N6O. The molecule has 1 fully saturated rings. The van der Waals surface area contributed by atoms with E-state index in [0.717, 1.165) is 42.5 Å². The summed E-state index contributed by atoms with van der Waals surface area (Å²) >= 11 is 0. The highest BCUT2D eigenvalue weighted by Crippen LogP contribution is 2.25. The molecule has 0 saturated carbocycles. The summed E-state index contributed by atoms with van der Waals surface area (Å²) in [5, 5.41) is 0. The van der Waals surface area contributed by atoms with Gasteiger partial charge in [-0.1, -0.05) is 0 Å². The number of pyridine rings is 1. The van der Waals surface area contributed by atoms with E-state index in [2.05, 4.69) is 29.8 Å². The standard InChI is InChI=1S/C16H18N6O/c1-3-17-4-2-12(1)14-8-19-16(21-14)15-10-23-6-5-22(15)9-13-7-18-11-20-13/h1-4,7-8,11,15H,5-6,9-10H2,(H,18,20)(H,19,21)/t15-/m0/s1. The van der Waals surface area contributed by atoms with Crippen molar-refractivity contribution in [2.75, 3.05) is 19.8 Å². The number of H-pyrrole nitrogens is 2. The molecular weight excluding hydrogens is 292 g/mol. The van der Waals surface area contributed by atoms with E-state index in [4.69, 9.17) is 4.74 Å². The minimum atomic E-state index is 0.114. The summed E-state index contributed by atoms with van der Waals surface area (Å²) in [6.07, 6.45) is 9.00. The van der Waals surface area contributed by atoms with Crippen molar-refractivity contribution >= 4 is 0 Å². The van der Waals surface area contributed by atoms with Crippen LogP contribution >= 0.6 is 0 Å². The van der Waals surface area contributed by atoms with Crippen LogP contribution in [0, 0.1) is 0 Å². The van der Waals surface area contributed by atoms with E-state index in [1.165, 1.54) is 0 Å². The molecule has 0 aromatic carbocycles. The Morgan fingerprint density at radius 2 is 2.13 bits per heavy atom. The largest absolute Gasteiger partial charge is 0.378 e. The number of nitrogens with one attached hydrogen (secondary N) is 2. The van der Waals surface area contributed by atoms with Crippen molar-refractivity contribution in [3.63, 3.8) is 0 Å². The van der Waals surface area contributed by atoms with Crippen molar-refractivity contribution in [1.82, 2.24) is 29.8 Å². The monoisotopic (exact) mass is 310 g/mol. The summed E-state index contributed by atoms with van der Waals surface area (Å²) in [5.41, 5.74) is 3.17. The SMILES string of the molecule is c1cc(-c2cnc([C@@H]3COCCN3Cc3cnc[nH]3)[nH]2)ccn1. The van der Waals surface area contributed by atoms with Gasteiger partial charge in [-0.3, -0.25) is 9.88 Å². The Labute approximate surface area is 133 Å². The Hall–Kier alpha value is -2.51. The number of ether oxygens (including phenoxy) is 1. The first-order chi connectivity index (χ1) is 11.4. The number of hydrogen-bond acceptors (Lipinski definition) is 5. The minimum absolute atomic E-state index is 0.114. The second kappa shape index (κ2) is 6.31. The predicted octanol–water partition coefficient (Wildman–Crippen LogP) is 1.77. The second-order valence-corrected chi connectivity index (χ2v) is 5.56. The Morgan fingerprint density at radius 3 is 2.96 bits per heavy atom. The van der Waals surface area contributed by atoms with Gasteiger partial charge in [0.2, 0.25) is 0 Å². The maximum Gasteiger partial charge on any atom is 0.126 e. The van der Waals surface area contributed by atoms with E-state index in [9.17, 15) is 0 Å². The molecule has 4 heterocycles. The molecule has 0 amide bonds. The van der Waals surface area contributed by atoms with Gasteiger partial charge in [0.1, 0.15) is 5.82 Å². The number of imidazole rings is 2. The third-order valence-corrected chi connectivity index (χ3v) is 4.07. The van der Waals surface area contributed by atoms with Gasteiger partial charge in [-0.25, -0.2) is 9.97 Å². The fourth-order valence-corrected chi connectivity index (χ4v) is 2.85. The van der Waals surface area contributed by atoms with Crippen LogP contribution in [0.3, 0.4) is 0 Å². The van der Waals surface area contributed by atoms with Crippen LogP contribution in [0.15, 0.2) is 43.2 Å². The Kier molecular flexibility index (Phi) is 3.87. The van der Waals surface area contributed by atoms with Crippen LogP contribution in [0.5, 0.6) is 0 Å². The van der Waals surface area contributed by atoms with Crippen molar-refractivity contribution in [3.05, 3.63) is 54.8 Å². The highest BCUT2D eigenvalue weighted by atomic mass is 16.5. The lowest BCUT2D eigenvalue weighted by Gasteiger charge is -2.33. The van der Waals surface area contributed by atoms with E-state index in [0.29, 0.717) is 6.61 Å². The molecule has 4 rings (SSSR count). The van der Waals surface area contributed by atoms with E-state index in [1.54, 1.807) is 18.7 Å². The fourth-order valence-electron chi connectivity index (χ4n) is 2.85. The van der Waals surface area contributed by atoms with E-state index >= 15 is 0 Å². The minimum Gasteiger partial charge on any atom is -0.378 e. The molecule has 1 aliphatic rings. The van der Waals surface area contributed by atoms with E-state index in [-0.39, 0.29) is 6.04 Å². The summed E-state index contributed by atoms with van der Waals surface area (Å²) in [6, 6.07) is 4.05. The summed E-state index contributed by atoms with van der Waals surface area (Å²) in [5.74, 6) is 0.927. The maximum absolute atomic E-state index is 5.66. The summed E-state index contributed by atoms with van der Waals surface area (Å²) in [7, 11) is 0. The lowest BCUT2D eigenvalue weighted by atomic mass is 10.2. The number of rotatable bonds is 4. The molecule has 0 spiro atoms. The second-order valence-electron chi connectivity index (χ2n) is 5.56. The van der Waals surface area contributed by atoms with Crippen LogP contribution in [0.2, 0.25) is 0 Å². The molecule has 23 heavy (non-hydrogen) atoms. The summed E-state index contributed by atoms with van der Waals surface area (Å²) in [4.78, 5) is 21.6. The van der Waals surface area contributed by atoms with Gasteiger partial charge in [0.15, 0.2) is 0 Å². The van der Waals surface area contributed by atoms with Crippen molar-refractivity contribution < 1.29 is 4.74 Å².